The Bertz CT molecular complexity index is 791. The maximum atomic E-state index is 12.3. The van der Waals surface area contributed by atoms with E-state index in [1.165, 1.54) is 0 Å². The van der Waals surface area contributed by atoms with E-state index >= 15 is 0 Å². The molecule has 0 bridgehead atoms. The number of para-hydroxylation sites is 2. The Morgan fingerprint density at radius 3 is 2.68 bits per heavy atom. The molecule has 0 aliphatic carbocycles. The van der Waals surface area contributed by atoms with Crippen molar-refractivity contribution in [2.45, 2.75) is 18.6 Å². The Balaban J connectivity index is 1.28. The van der Waals surface area contributed by atoms with Crippen LogP contribution in [0.25, 0.3) is 0 Å². The molecule has 2 atom stereocenters. The van der Waals surface area contributed by atoms with Crippen molar-refractivity contribution < 1.29 is 19.1 Å². The van der Waals surface area contributed by atoms with Crippen LogP contribution >= 0.6 is 0 Å². The second-order valence-electron chi connectivity index (χ2n) is 5.94. The number of carbonyl (C=O) groups excluding carboxylic acids is 1. The van der Waals surface area contributed by atoms with Gasteiger partial charge in [0.15, 0.2) is 11.5 Å². The molecule has 2 aliphatic rings. The highest BCUT2D eigenvalue weighted by molar-refractivity contribution is 6.04. The van der Waals surface area contributed by atoms with Crippen molar-refractivity contribution in [3.05, 3.63) is 60.2 Å². The molecule has 0 aromatic heterocycles. The first-order chi connectivity index (χ1) is 12.3. The first kappa shape index (κ1) is 15.5. The van der Waals surface area contributed by atoms with Gasteiger partial charge in [-0.2, -0.15) is 0 Å². The number of rotatable bonds is 4. The highest BCUT2D eigenvalue weighted by Crippen LogP contribution is 2.30. The molecule has 0 saturated carbocycles. The van der Waals surface area contributed by atoms with Crippen molar-refractivity contribution in [3.63, 3.8) is 0 Å². The summed E-state index contributed by atoms with van der Waals surface area (Å²) >= 11 is 0. The van der Waals surface area contributed by atoms with Crippen LogP contribution in [-0.4, -0.2) is 37.0 Å². The molecule has 0 fully saturated rings. The predicted molar refractivity (Wildman–Crippen MR) is 91.8 cm³/mol. The first-order valence-corrected chi connectivity index (χ1v) is 8.24. The zero-order chi connectivity index (χ0) is 17.1. The third-order valence-corrected chi connectivity index (χ3v) is 4.14. The van der Waals surface area contributed by atoms with E-state index in [1.54, 1.807) is 0 Å². The number of ether oxygens (including phenoxy) is 2. The number of benzene rings is 2. The number of carbonyl (C=O) groups is 1. The molecule has 2 aromatic carbocycles. The Kier molecular flexibility index (Phi) is 4.24. The van der Waals surface area contributed by atoms with Gasteiger partial charge >= 0.3 is 0 Å². The predicted octanol–water partition coefficient (Wildman–Crippen LogP) is 2.14. The van der Waals surface area contributed by atoms with Gasteiger partial charge in [-0.15, -0.1) is 0 Å². The first-order valence-electron chi connectivity index (χ1n) is 8.24. The summed E-state index contributed by atoms with van der Waals surface area (Å²) in [5.41, 5.74) is 1.75. The molecule has 128 valence electrons. The minimum absolute atomic E-state index is 0.197. The van der Waals surface area contributed by atoms with Crippen molar-refractivity contribution in [2.24, 2.45) is 5.16 Å². The number of amides is 1. The Hall–Kier alpha value is -3.02. The summed E-state index contributed by atoms with van der Waals surface area (Å²) in [7, 11) is 0. The summed E-state index contributed by atoms with van der Waals surface area (Å²) in [6.07, 6.45) is -0.373. The topological polar surface area (TPSA) is 69.2 Å². The third kappa shape index (κ3) is 3.42. The molecule has 0 saturated heterocycles. The summed E-state index contributed by atoms with van der Waals surface area (Å²) in [4.78, 5) is 17.6. The number of nitrogens with one attached hydrogen (secondary N) is 1. The zero-order valence-corrected chi connectivity index (χ0v) is 13.6. The molecule has 0 radical (unpaired) electrons. The van der Waals surface area contributed by atoms with Gasteiger partial charge in [0.05, 0.1) is 12.3 Å². The number of oxime groups is 1. The van der Waals surface area contributed by atoms with Gasteiger partial charge in [-0.1, -0.05) is 47.6 Å². The van der Waals surface area contributed by atoms with Gasteiger partial charge in [-0.05, 0) is 17.7 Å². The maximum absolute atomic E-state index is 12.3. The zero-order valence-electron chi connectivity index (χ0n) is 13.6. The summed E-state index contributed by atoms with van der Waals surface area (Å²) in [5.74, 6) is 1.22. The van der Waals surface area contributed by atoms with Gasteiger partial charge < -0.3 is 19.6 Å². The van der Waals surface area contributed by atoms with E-state index in [1.807, 2.05) is 54.6 Å². The van der Waals surface area contributed by atoms with Gasteiger partial charge in [-0.25, -0.2) is 0 Å². The van der Waals surface area contributed by atoms with Crippen LogP contribution in [0.2, 0.25) is 0 Å². The minimum atomic E-state index is -0.605. The molecule has 2 heterocycles. The quantitative estimate of drug-likeness (QED) is 0.927. The summed E-state index contributed by atoms with van der Waals surface area (Å²) in [5, 5.41) is 6.89. The van der Waals surface area contributed by atoms with Crippen LogP contribution in [0.5, 0.6) is 11.5 Å². The fourth-order valence-electron chi connectivity index (χ4n) is 2.81. The van der Waals surface area contributed by atoms with Gasteiger partial charge in [0.1, 0.15) is 12.7 Å². The number of nitrogens with zero attached hydrogens (tertiary/aromatic N) is 1. The van der Waals surface area contributed by atoms with Crippen molar-refractivity contribution >= 4 is 11.6 Å². The van der Waals surface area contributed by atoms with E-state index in [0.29, 0.717) is 25.3 Å². The average Bonchev–Trinajstić information content (AvgIpc) is 3.17. The SMILES string of the molecule is O=C(NC[C@H]1COc2ccccc2O1)[C@@H]1CC(c2ccccc2)=NO1. The van der Waals surface area contributed by atoms with Gasteiger partial charge in [0.25, 0.3) is 5.91 Å². The van der Waals surface area contributed by atoms with E-state index in [0.717, 1.165) is 17.0 Å². The minimum Gasteiger partial charge on any atom is -0.486 e. The molecule has 2 aliphatic heterocycles. The van der Waals surface area contributed by atoms with E-state index < -0.39 is 6.10 Å². The fourth-order valence-corrected chi connectivity index (χ4v) is 2.81. The smallest absolute Gasteiger partial charge is 0.264 e. The molecular weight excluding hydrogens is 320 g/mol. The number of hydrogen-bond acceptors (Lipinski definition) is 5. The average molecular weight is 338 g/mol. The molecule has 6 heteroatoms. The van der Waals surface area contributed by atoms with Gasteiger partial charge in [0, 0.05) is 6.42 Å². The van der Waals surface area contributed by atoms with Crippen molar-refractivity contribution in [1.82, 2.24) is 5.32 Å². The summed E-state index contributed by atoms with van der Waals surface area (Å²) in [6.45, 7) is 0.752. The van der Waals surface area contributed by atoms with Crippen molar-refractivity contribution in [3.8, 4) is 11.5 Å². The monoisotopic (exact) mass is 338 g/mol. The van der Waals surface area contributed by atoms with Crippen LogP contribution in [0.4, 0.5) is 0 Å². The highest BCUT2D eigenvalue weighted by Gasteiger charge is 2.30. The van der Waals surface area contributed by atoms with Crippen LogP contribution in [0.1, 0.15) is 12.0 Å². The van der Waals surface area contributed by atoms with Gasteiger partial charge in [-0.3, -0.25) is 4.79 Å². The molecule has 6 nitrogen and oxygen atoms in total. The van der Waals surface area contributed by atoms with E-state index in [-0.39, 0.29) is 12.0 Å². The number of fused-ring (bicyclic) bond motifs is 1. The lowest BCUT2D eigenvalue weighted by Gasteiger charge is -2.26. The van der Waals surface area contributed by atoms with Crippen molar-refractivity contribution in [1.29, 1.82) is 0 Å². The van der Waals surface area contributed by atoms with E-state index in [9.17, 15) is 4.79 Å². The second kappa shape index (κ2) is 6.84. The lowest BCUT2D eigenvalue weighted by molar-refractivity contribution is -0.131. The van der Waals surface area contributed by atoms with Crippen LogP contribution in [0.15, 0.2) is 59.8 Å². The largest absolute Gasteiger partial charge is 0.486 e. The molecular formula is C19H18N2O4. The molecule has 4 rings (SSSR count). The van der Waals surface area contributed by atoms with Crippen LogP contribution in [0.3, 0.4) is 0 Å². The highest BCUT2D eigenvalue weighted by atomic mass is 16.6. The molecule has 2 aromatic rings. The summed E-state index contributed by atoms with van der Waals surface area (Å²) in [6, 6.07) is 17.2. The van der Waals surface area contributed by atoms with Crippen LogP contribution in [-0.2, 0) is 9.63 Å². The Labute approximate surface area is 145 Å². The second-order valence-corrected chi connectivity index (χ2v) is 5.94. The van der Waals surface area contributed by atoms with Gasteiger partial charge in [0.2, 0.25) is 6.10 Å². The Morgan fingerprint density at radius 2 is 1.84 bits per heavy atom. The number of hydrogen-bond donors (Lipinski definition) is 1. The summed E-state index contributed by atoms with van der Waals surface area (Å²) < 4.78 is 11.5. The molecule has 0 spiro atoms. The van der Waals surface area contributed by atoms with E-state index in [2.05, 4.69) is 10.5 Å². The van der Waals surface area contributed by atoms with E-state index in [4.69, 9.17) is 14.3 Å². The third-order valence-electron chi connectivity index (χ3n) is 4.14. The molecule has 1 N–H and O–H groups in total. The molecule has 0 unspecified atom stereocenters. The maximum Gasteiger partial charge on any atom is 0.264 e. The Morgan fingerprint density at radius 1 is 1.08 bits per heavy atom. The standard InChI is InChI=1S/C19H18N2O4/c22-19(18-10-15(21-25-18)13-6-2-1-3-7-13)20-11-14-12-23-16-8-4-5-9-17(16)24-14/h1-9,14,18H,10-12H2,(H,20,22)/t14-,18-/m0/s1. The fraction of sp³-hybridized carbons (Fsp3) is 0.263. The normalized spacial score (nSPS) is 21.2. The lowest BCUT2D eigenvalue weighted by Crippen LogP contribution is -2.44. The van der Waals surface area contributed by atoms with Crippen LogP contribution in [0, 0.1) is 0 Å². The lowest BCUT2D eigenvalue weighted by atomic mass is 10.0. The molecule has 25 heavy (non-hydrogen) atoms. The molecule has 1 amide bonds. The van der Waals surface area contributed by atoms with Crippen LogP contribution < -0.4 is 14.8 Å². The van der Waals surface area contributed by atoms with Crippen molar-refractivity contribution in [2.75, 3.05) is 13.2 Å².